The van der Waals surface area contributed by atoms with E-state index in [1.54, 1.807) is 6.07 Å². The third-order valence-corrected chi connectivity index (χ3v) is 3.84. The fourth-order valence-electron chi connectivity index (χ4n) is 2.58. The van der Waals surface area contributed by atoms with E-state index in [1.807, 2.05) is 6.92 Å². The van der Waals surface area contributed by atoms with Crippen LogP contribution in [0, 0.1) is 6.92 Å². The van der Waals surface area contributed by atoms with Crippen molar-refractivity contribution < 1.29 is 4.79 Å². The Morgan fingerprint density at radius 3 is 2.79 bits per heavy atom. The molecule has 102 valence electrons. The average Bonchev–Trinajstić information content (AvgIpc) is 3.08. The van der Waals surface area contributed by atoms with Crippen molar-refractivity contribution in [2.24, 2.45) is 0 Å². The van der Waals surface area contributed by atoms with Crippen molar-refractivity contribution >= 4 is 5.91 Å². The quantitative estimate of drug-likeness (QED) is 0.893. The molecule has 1 aliphatic heterocycles. The summed E-state index contributed by atoms with van der Waals surface area (Å²) in [5.41, 5.74) is 1.38. The monoisotopic (exact) mass is 260 g/mol. The molecule has 1 aliphatic carbocycles. The molecule has 1 aromatic rings. The first-order valence-electron chi connectivity index (χ1n) is 7.00. The van der Waals surface area contributed by atoms with E-state index in [0.717, 1.165) is 37.3 Å². The highest BCUT2D eigenvalue weighted by molar-refractivity contribution is 5.92. The minimum atomic E-state index is -0.0603. The van der Waals surface area contributed by atoms with Gasteiger partial charge >= 0.3 is 0 Å². The van der Waals surface area contributed by atoms with E-state index in [1.165, 1.54) is 6.42 Å². The molecular weight excluding hydrogens is 240 g/mol. The van der Waals surface area contributed by atoms with Gasteiger partial charge in [-0.2, -0.15) is 0 Å². The third-order valence-electron chi connectivity index (χ3n) is 3.84. The van der Waals surface area contributed by atoms with Crippen LogP contribution in [0.25, 0.3) is 0 Å². The second kappa shape index (κ2) is 4.89. The van der Waals surface area contributed by atoms with Gasteiger partial charge in [0.1, 0.15) is 11.5 Å². The van der Waals surface area contributed by atoms with E-state index in [0.29, 0.717) is 11.7 Å². The number of hydrogen-bond acceptors (Lipinski definition) is 4. The van der Waals surface area contributed by atoms with Crippen molar-refractivity contribution in [3.05, 3.63) is 23.3 Å². The summed E-state index contributed by atoms with van der Waals surface area (Å²) in [6.45, 7) is 3.00. The molecule has 0 bridgehead atoms. The maximum atomic E-state index is 12.1. The fraction of sp³-hybridized carbons (Fsp3) is 0.643. The highest BCUT2D eigenvalue weighted by atomic mass is 16.2. The van der Waals surface area contributed by atoms with E-state index in [9.17, 15) is 4.79 Å². The van der Waals surface area contributed by atoms with Crippen molar-refractivity contribution in [2.45, 2.75) is 44.7 Å². The average molecular weight is 260 g/mol. The Balaban J connectivity index is 1.84. The van der Waals surface area contributed by atoms with Crippen LogP contribution in [-0.4, -0.2) is 40.4 Å². The van der Waals surface area contributed by atoms with Crippen LogP contribution in [0.5, 0.6) is 0 Å². The first-order chi connectivity index (χ1) is 9.13. The molecule has 1 saturated heterocycles. The molecule has 19 heavy (non-hydrogen) atoms. The molecule has 2 fully saturated rings. The van der Waals surface area contributed by atoms with Gasteiger partial charge in [0.15, 0.2) is 0 Å². The molecule has 5 heteroatoms. The summed E-state index contributed by atoms with van der Waals surface area (Å²) < 4.78 is 0. The summed E-state index contributed by atoms with van der Waals surface area (Å²) in [5, 5.41) is 2.98. The molecule has 0 aromatic carbocycles. The van der Waals surface area contributed by atoms with Crippen LogP contribution < -0.4 is 5.32 Å². The summed E-state index contributed by atoms with van der Waals surface area (Å²) in [7, 11) is 2.09. The molecule has 3 rings (SSSR count). The number of aryl methyl sites for hydroxylation is 1. The number of rotatable bonds is 3. The largest absolute Gasteiger partial charge is 0.348 e. The standard InChI is InChI=1S/C14H20N4O/c1-9-8-11(14(19)16-10-5-6-10)17-13(15-9)12-4-3-7-18(12)2/h8,10,12H,3-7H2,1-2H3,(H,16,19). The van der Waals surface area contributed by atoms with Crippen molar-refractivity contribution in [3.63, 3.8) is 0 Å². The lowest BCUT2D eigenvalue weighted by molar-refractivity contribution is 0.0945. The normalized spacial score (nSPS) is 23.6. The molecule has 1 amide bonds. The van der Waals surface area contributed by atoms with Gasteiger partial charge in [0.05, 0.1) is 6.04 Å². The van der Waals surface area contributed by atoms with Crippen LogP contribution in [0.15, 0.2) is 6.07 Å². The van der Waals surface area contributed by atoms with Crippen molar-refractivity contribution in [3.8, 4) is 0 Å². The van der Waals surface area contributed by atoms with Gasteiger partial charge in [-0.15, -0.1) is 0 Å². The number of likely N-dealkylation sites (tertiary alicyclic amines) is 1. The van der Waals surface area contributed by atoms with E-state index >= 15 is 0 Å². The topological polar surface area (TPSA) is 58.1 Å². The summed E-state index contributed by atoms with van der Waals surface area (Å²) in [5.74, 6) is 0.732. The van der Waals surface area contributed by atoms with Gasteiger partial charge in [-0.1, -0.05) is 0 Å². The van der Waals surface area contributed by atoms with Gasteiger partial charge in [0.25, 0.3) is 5.91 Å². The number of amides is 1. The third kappa shape index (κ3) is 2.76. The van der Waals surface area contributed by atoms with E-state index < -0.39 is 0 Å². The molecule has 1 atom stereocenters. The van der Waals surface area contributed by atoms with Crippen molar-refractivity contribution in [2.75, 3.05) is 13.6 Å². The molecule has 1 N–H and O–H groups in total. The highest BCUT2D eigenvalue weighted by Crippen LogP contribution is 2.28. The maximum Gasteiger partial charge on any atom is 0.270 e. The lowest BCUT2D eigenvalue weighted by Gasteiger charge is -2.18. The molecule has 0 radical (unpaired) electrons. The Hall–Kier alpha value is -1.49. The first-order valence-corrected chi connectivity index (χ1v) is 7.00. The maximum absolute atomic E-state index is 12.1. The zero-order valence-corrected chi connectivity index (χ0v) is 11.5. The molecule has 2 heterocycles. The number of carbonyl (C=O) groups excluding carboxylic acids is 1. The molecule has 1 aromatic heterocycles. The summed E-state index contributed by atoms with van der Waals surface area (Å²) in [4.78, 5) is 23.3. The van der Waals surface area contributed by atoms with Crippen molar-refractivity contribution in [1.29, 1.82) is 0 Å². The molecule has 2 aliphatic rings. The second-order valence-corrected chi connectivity index (χ2v) is 5.64. The van der Waals surface area contributed by atoms with Crippen LogP contribution in [-0.2, 0) is 0 Å². The van der Waals surface area contributed by atoms with Crippen molar-refractivity contribution in [1.82, 2.24) is 20.2 Å². The van der Waals surface area contributed by atoms with Gasteiger partial charge in [-0.05, 0) is 52.3 Å². The number of hydrogen-bond donors (Lipinski definition) is 1. The minimum absolute atomic E-state index is 0.0603. The van der Waals surface area contributed by atoms with E-state index in [4.69, 9.17) is 0 Å². The van der Waals surface area contributed by atoms with Gasteiger partial charge in [0, 0.05) is 11.7 Å². The summed E-state index contributed by atoms with van der Waals surface area (Å²) in [6, 6.07) is 2.39. The van der Waals surface area contributed by atoms with E-state index in [-0.39, 0.29) is 11.9 Å². The smallest absolute Gasteiger partial charge is 0.270 e. The summed E-state index contributed by atoms with van der Waals surface area (Å²) in [6.07, 6.45) is 4.42. The molecular formula is C14H20N4O. The van der Waals surface area contributed by atoms with Gasteiger partial charge < -0.3 is 5.32 Å². The van der Waals surface area contributed by atoms with Crippen LogP contribution in [0.1, 0.15) is 53.7 Å². The van der Waals surface area contributed by atoms with E-state index in [2.05, 4.69) is 27.2 Å². The van der Waals surface area contributed by atoms with Crippen LogP contribution >= 0.6 is 0 Å². The Bertz CT molecular complexity index is 498. The molecule has 1 saturated carbocycles. The zero-order valence-electron chi connectivity index (χ0n) is 11.5. The Kier molecular flexibility index (Phi) is 3.22. The minimum Gasteiger partial charge on any atom is -0.348 e. The Labute approximate surface area is 113 Å². The lowest BCUT2D eigenvalue weighted by Crippen LogP contribution is -2.28. The fourth-order valence-corrected chi connectivity index (χ4v) is 2.58. The first kappa shape index (κ1) is 12.5. The highest BCUT2D eigenvalue weighted by Gasteiger charge is 2.28. The lowest BCUT2D eigenvalue weighted by atomic mass is 10.2. The predicted molar refractivity (Wildman–Crippen MR) is 71.9 cm³/mol. The van der Waals surface area contributed by atoms with Crippen LogP contribution in [0.2, 0.25) is 0 Å². The summed E-state index contributed by atoms with van der Waals surface area (Å²) >= 11 is 0. The SMILES string of the molecule is Cc1cc(C(=O)NC2CC2)nc(C2CCCN2C)n1. The Morgan fingerprint density at radius 2 is 2.16 bits per heavy atom. The van der Waals surface area contributed by atoms with Crippen LogP contribution in [0.4, 0.5) is 0 Å². The second-order valence-electron chi connectivity index (χ2n) is 5.64. The molecule has 5 nitrogen and oxygen atoms in total. The van der Waals surface area contributed by atoms with Crippen LogP contribution in [0.3, 0.4) is 0 Å². The molecule has 0 spiro atoms. The number of aromatic nitrogens is 2. The Morgan fingerprint density at radius 1 is 1.37 bits per heavy atom. The van der Waals surface area contributed by atoms with Gasteiger partial charge in [-0.3, -0.25) is 9.69 Å². The molecule has 1 unspecified atom stereocenters. The zero-order chi connectivity index (χ0) is 13.4. The predicted octanol–water partition coefficient (Wildman–Crippen LogP) is 1.44. The van der Waals surface area contributed by atoms with Gasteiger partial charge in [-0.25, -0.2) is 9.97 Å². The van der Waals surface area contributed by atoms with Gasteiger partial charge in [0.2, 0.25) is 0 Å². The number of nitrogens with one attached hydrogen (secondary N) is 1. The number of carbonyl (C=O) groups is 1. The number of nitrogens with zero attached hydrogens (tertiary/aromatic N) is 3.